The van der Waals surface area contributed by atoms with Gasteiger partial charge in [-0.05, 0) is 34.4 Å². The Bertz CT molecular complexity index is 1150. The minimum absolute atomic E-state index is 0.0669. The third kappa shape index (κ3) is 3.05. The van der Waals surface area contributed by atoms with Crippen LogP contribution in [0.3, 0.4) is 0 Å². The summed E-state index contributed by atoms with van der Waals surface area (Å²) in [7, 11) is 0. The molecule has 2 aliphatic rings. The lowest BCUT2D eigenvalue weighted by Gasteiger charge is -2.12. The summed E-state index contributed by atoms with van der Waals surface area (Å²) in [6.07, 6.45) is 1.95. The van der Waals surface area contributed by atoms with E-state index in [9.17, 15) is 0 Å². The highest BCUT2D eigenvalue weighted by Gasteiger charge is 2.31. The minimum atomic E-state index is 0.0669. The maximum Gasteiger partial charge on any atom is 0.128 e. The van der Waals surface area contributed by atoms with Gasteiger partial charge in [0.15, 0.2) is 0 Å². The van der Waals surface area contributed by atoms with Crippen LogP contribution in [0.4, 0.5) is 0 Å². The lowest BCUT2D eigenvalue weighted by molar-refractivity contribution is 0.237. The van der Waals surface area contributed by atoms with E-state index in [1.807, 2.05) is 12.1 Å². The molecule has 0 saturated heterocycles. The van der Waals surface area contributed by atoms with Gasteiger partial charge in [0.05, 0.1) is 0 Å². The predicted octanol–water partition coefficient (Wildman–Crippen LogP) is 6.71. The van der Waals surface area contributed by atoms with Gasteiger partial charge < -0.3 is 9.47 Å². The van der Waals surface area contributed by atoms with E-state index in [0.29, 0.717) is 0 Å². The quantitative estimate of drug-likeness (QED) is 0.387. The summed E-state index contributed by atoms with van der Waals surface area (Å²) in [6, 6.07) is 34.0. The fourth-order valence-electron chi connectivity index (χ4n) is 4.53. The number of fused-ring (bicyclic) bond motifs is 2. The minimum Gasteiger partial charge on any atom is -0.485 e. The Labute approximate surface area is 176 Å². The molecule has 2 nitrogen and oxygen atoms in total. The Balaban J connectivity index is 1.20. The van der Waals surface area contributed by atoms with Gasteiger partial charge in [0.2, 0.25) is 0 Å². The van der Waals surface area contributed by atoms with Gasteiger partial charge in [-0.25, -0.2) is 0 Å². The topological polar surface area (TPSA) is 18.5 Å². The first-order chi connectivity index (χ1) is 14.8. The second kappa shape index (κ2) is 7.07. The Morgan fingerprint density at radius 3 is 1.53 bits per heavy atom. The molecule has 2 atom stereocenters. The molecule has 146 valence electrons. The molecular weight excluding hydrogens is 368 g/mol. The molecule has 0 N–H and O–H groups in total. The van der Waals surface area contributed by atoms with Gasteiger partial charge in [-0.2, -0.15) is 0 Å². The Kier molecular flexibility index (Phi) is 4.09. The molecule has 0 amide bonds. The summed E-state index contributed by atoms with van der Waals surface area (Å²) in [6.45, 7) is 0. The zero-order chi connectivity index (χ0) is 19.9. The standard InChI is InChI=1S/C28H22O2/c1-3-7-19(8-4-1)20-11-13-22(14-12-20)26-16-24-18-27-23(17-28(24)30-26)15-25(29-27)21-9-5-2-6-10-21/h1-14,17-18,25-26H,15-16H2. The average molecular weight is 390 g/mol. The molecule has 4 aromatic rings. The van der Waals surface area contributed by atoms with E-state index >= 15 is 0 Å². The molecule has 2 heteroatoms. The van der Waals surface area contributed by atoms with Crippen LogP contribution in [0.5, 0.6) is 11.5 Å². The Morgan fingerprint density at radius 2 is 0.967 bits per heavy atom. The first-order valence-corrected chi connectivity index (χ1v) is 10.5. The van der Waals surface area contributed by atoms with Gasteiger partial charge in [-0.3, -0.25) is 0 Å². The number of benzene rings is 4. The van der Waals surface area contributed by atoms with Crippen molar-refractivity contribution < 1.29 is 9.47 Å². The summed E-state index contributed by atoms with van der Waals surface area (Å²) < 4.78 is 12.6. The molecule has 0 radical (unpaired) electrons. The lowest BCUT2D eigenvalue weighted by Crippen LogP contribution is -2.03. The van der Waals surface area contributed by atoms with E-state index in [-0.39, 0.29) is 12.2 Å². The highest BCUT2D eigenvalue weighted by molar-refractivity contribution is 5.63. The van der Waals surface area contributed by atoms with Crippen molar-refractivity contribution in [3.63, 3.8) is 0 Å². The van der Waals surface area contributed by atoms with Crippen LogP contribution in [-0.2, 0) is 12.8 Å². The molecule has 0 aromatic heterocycles. The summed E-state index contributed by atoms with van der Waals surface area (Å²) >= 11 is 0. The fraction of sp³-hybridized carbons (Fsp3) is 0.143. The normalized spacial score (nSPS) is 18.9. The SMILES string of the molecule is c1ccc(-c2ccc(C3Cc4cc5c(cc4O3)CC(c3ccccc3)O5)cc2)cc1. The lowest BCUT2D eigenvalue weighted by atomic mass is 9.98. The number of hydrogen-bond donors (Lipinski definition) is 0. The van der Waals surface area contributed by atoms with Gasteiger partial charge in [0, 0.05) is 24.0 Å². The predicted molar refractivity (Wildman–Crippen MR) is 119 cm³/mol. The van der Waals surface area contributed by atoms with Crippen LogP contribution in [-0.4, -0.2) is 0 Å². The zero-order valence-corrected chi connectivity index (χ0v) is 16.6. The number of hydrogen-bond acceptors (Lipinski definition) is 2. The molecular formula is C28H22O2. The monoisotopic (exact) mass is 390 g/mol. The van der Waals surface area contributed by atoms with Crippen molar-refractivity contribution in [3.05, 3.63) is 119 Å². The van der Waals surface area contributed by atoms with Crippen molar-refractivity contribution in [2.75, 3.05) is 0 Å². The van der Waals surface area contributed by atoms with E-state index in [1.54, 1.807) is 0 Å². The van der Waals surface area contributed by atoms with Gasteiger partial charge in [-0.1, -0.05) is 84.9 Å². The molecule has 2 unspecified atom stereocenters. The van der Waals surface area contributed by atoms with Crippen molar-refractivity contribution in [3.8, 4) is 22.6 Å². The van der Waals surface area contributed by atoms with Crippen LogP contribution in [0.25, 0.3) is 11.1 Å². The van der Waals surface area contributed by atoms with Crippen LogP contribution >= 0.6 is 0 Å². The van der Waals surface area contributed by atoms with Crippen molar-refractivity contribution in [2.45, 2.75) is 25.0 Å². The first-order valence-electron chi connectivity index (χ1n) is 10.5. The molecule has 0 aliphatic carbocycles. The molecule has 6 rings (SSSR count). The Hall–Kier alpha value is -3.52. The highest BCUT2D eigenvalue weighted by Crippen LogP contribution is 2.45. The van der Waals surface area contributed by atoms with E-state index < -0.39 is 0 Å². The molecule has 4 aromatic carbocycles. The third-order valence-electron chi connectivity index (χ3n) is 6.15. The van der Waals surface area contributed by atoms with Crippen molar-refractivity contribution >= 4 is 0 Å². The maximum atomic E-state index is 6.35. The molecule has 2 heterocycles. The third-order valence-corrected chi connectivity index (χ3v) is 6.15. The number of ether oxygens (including phenoxy) is 2. The van der Waals surface area contributed by atoms with E-state index in [1.165, 1.54) is 33.4 Å². The maximum absolute atomic E-state index is 6.35. The van der Waals surface area contributed by atoms with Gasteiger partial charge >= 0.3 is 0 Å². The van der Waals surface area contributed by atoms with E-state index in [4.69, 9.17) is 9.47 Å². The van der Waals surface area contributed by atoms with Crippen LogP contribution in [0, 0.1) is 0 Å². The molecule has 0 bridgehead atoms. The summed E-state index contributed by atoms with van der Waals surface area (Å²) in [4.78, 5) is 0. The first kappa shape index (κ1) is 17.3. The zero-order valence-electron chi connectivity index (χ0n) is 16.6. The summed E-state index contributed by atoms with van der Waals surface area (Å²) in [5, 5.41) is 0. The van der Waals surface area contributed by atoms with Crippen LogP contribution in [0.2, 0.25) is 0 Å². The molecule has 30 heavy (non-hydrogen) atoms. The van der Waals surface area contributed by atoms with Gasteiger partial charge in [-0.15, -0.1) is 0 Å². The summed E-state index contributed by atoms with van der Waals surface area (Å²) in [5.74, 6) is 2.01. The smallest absolute Gasteiger partial charge is 0.128 e. The fourth-order valence-corrected chi connectivity index (χ4v) is 4.53. The molecule has 0 saturated carbocycles. The Morgan fingerprint density at radius 1 is 0.500 bits per heavy atom. The van der Waals surface area contributed by atoms with Gasteiger partial charge in [0.25, 0.3) is 0 Å². The van der Waals surface area contributed by atoms with E-state index in [0.717, 1.165) is 24.3 Å². The van der Waals surface area contributed by atoms with Crippen LogP contribution < -0.4 is 9.47 Å². The number of rotatable bonds is 3. The second-order valence-corrected chi connectivity index (χ2v) is 8.09. The van der Waals surface area contributed by atoms with Crippen LogP contribution in [0.15, 0.2) is 97.1 Å². The molecule has 0 fully saturated rings. The highest BCUT2D eigenvalue weighted by atomic mass is 16.5. The molecule has 2 aliphatic heterocycles. The van der Waals surface area contributed by atoms with Crippen molar-refractivity contribution in [1.82, 2.24) is 0 Å². The second-order valence-electron chi connectivity index (χ2n) is 8.09. The largest absolute Gasteiger partial charge is 0.485 e. The van der Waals surface area contributed by atoms with Crippen LogP contribution in [0.1, 0.15) is 34.5 Å². The average Bonchev–Trinajstić information content (AvgIpc) is 3.42. The van der Waals surface area contributed by atoms with Crippen molar-refractivity contribution in [2.24, 2.45) is 0 Å². The summed E-state index contributed by atoms with van der Waals surface area (Å²) in [5.41, 5.74) is 7.39. The molecule has 0 spiro atoms. The van der Waals surface area contributed by atoms with Gasteiger partial charge in [0.1, 0.15) is 23.7 Å². The van der Waals surface area contributed by atoms with Crippen molar-refractivity contribution in [1.29, 1.82) is 0 Å². The van der Waals surface area contributed by atoms with E-state index in [2.05, 4.69) is 84.9 Å².